The van der Waals surface area contributed by atoms with Crippen molar-refractivity contribution in [1.29, 1.82) is 0 Å². The van der Waals surface area contributed by atoms with Gasteiger partial charge >= 0.3 is 0 Å². The van der Waals surface area contributed by atoms with E-state index >= 15 is 0 Å². The van der Waals surface area contributed by atoms with E-state index in [-0.39, 0.29) is 24.3 Å². The van der Waals surface area contributed by atoms with Gasteiger partial charge in [0.15, 0.2) is 0 Å². The molecule has 0 saturated carbocycles. The second-order valence-electron chi connectivity index (χ2n) is 6.64. The van der Waals surface area contributed by atoms with Crippen molar-refractivity contribution < 1.29 is 24.2 Å². The van der Waals surface area contributed by atoms with Crippen molar-refractivity contribution in [2.45, 2.75) is 6.04 Å². The van der Waals surface area contributed by atoms with Gasteiger partial charge in [-0.25, -0.2) is 0 Å². The fraction of sp³-hybridized carbons (Fsp3) is 0.190. The summed E-state index contributed by atoms with van der Waals surface area (Å²) < 4.78 is 5.17. The highest BCUT2D eigenvalue weighted by atomic mass is 16.5. The minimum Gasteiger partial charge on any atom is -0.497 e. The number of carbonyl (C=O) groups excluding carboxylic acids is 3. The van der Waals surface area contributed by atoms with E-state index in [1.807, 2.05) is 0 Å². The maximum absolute atomic E-state index is 12.5. The highest BCUT2D eigenvalue weighted by molar-refractivity contribution is 6.00. The monoisotopic (exact) mass is 410 g/mol. The van der Waals surface area contributed by atoms with Crippen LogP contribution in [0.4, 0.5) is 0 Å². The summed E-state index contributed by atoms with van der Waals surface area (Å²) in [6.45, 7) is -0.378. The van der Waals surface area contributed by atoms with Crippen LogP contribution in [-0.2, 0) is 0 Å². The van der Waals surface area contributed by atoms with Gasteiger partial charge in [-0.1, -0.05) is 6.07 Å². The van der Waals surface area contributed by atoms with Crippen molar-refractivity contribution in [2.24, 2.45) is 5.73 Å². The predicted molar refractivity (Wildman–Crippen MR) is 110 cm³/mol. The molecule has 0 fully saturated rings. The number of fused-ring (bicyclic) bond motifs is 1. The van der Waals surface area contributed by atoms with E-state index in [1.165, 1.54) is 18.2 Å². The van der Waals surface area contributed by atoms with Crippen LogP contribution in [-0.4, -0.2) is 54.1 Å². The molecule has 0 bridgehead atoms. The maximum atomic E-state index is 12.5. The highest BCUT2D eigenvalue weighted by Gasteiger charge is 2.17. The lowest BCUT2D eigenvalue weighted by Crippen LogP contribution is -2.46. The average molecular weight is 410 g/mol. The molecule has 3 amide bonds. The first-order valence-corrected chi connectivity index (χ1v) is 9.18. The molecule has 0 unspecified atom stereocenters. The minimum atomic E-state index is -0.707. The number of nitrogens with two attached hydrogens (primary N) is 1. The largest absolute Gasteiger partial charge is 0.497 e. The van der Waals surface area contributed by atoms with Gasteiger partial charge in [0.25, 0.3) is 11.8 Å². The summed E-state index contributed by atoms with van der Waals surface area (Å²) in [4.78, 5) is 39.1. The number of aliphatic hydroxyl groups is 1. The standard InChI is InChI=1S/C21H22N4O5/c1-30-16-5-6-17-14(8-16)9-18(25-17)21(29)24-15(11-26)10-23-20(28)13-4-2-3-12(7-13)19(22)27/h2-9,15,25-26H,10-11H2,1H3,(H2,22,27)(H,23,28)(H,24,29)/t15-/m1/s1. The van der Waals surface area contributed by atoms with E-state index in [0.717, 1.165) is 10.9 Å². The van der Waals surface area contributed by atoms with Crippen LogP contribution in [0, 0.1) is 0 Å². The van der Waals surface area contributed by atoms with Crippen LogP contribution in [0.1, 0.15) is 31.2 Å². The Labute approximate surface area is 172 Å². The molecule has 0 saturated heterocycles. The SMILES string of the molecule is COc1ccc2[nH]c(C(=O)N[C@@H](CO)CNC(=O)c3cccc(C(N)=O)c3)cc2c1. The lowest BCUT2D eigenvalue weighted by atomic mass is 10.1. The topological polar surface area (TPSA) is 147 Å². The molecule has 2 aromatic carbocycles. The Morgan fingerprint density at radius 3 is 2.57 bits per heavy atom. The maximum Gasteiger partial charge on any atom is 0.268 e. The summed E-state index contributed by atoms with van der Waals surface area (Å²) in [5.74, 6) is -0.844. The van der Waals surface area contributed by atoms with Crippen LogP contribution in [0.15, 0.2) is 48.5 Å². The summed E-state index contributed by atoms with van der Waals surface area (Å²) in [7, 11) is 1.56. The average Bonchev–Trinajstić information content (AvgIpc) is 3.19. The number of benzene rings is 2. The summed E-state index contributed by atoms with van der Waals surface area (Å²) in [5.41, 5.74) is 6.77. The van der Waals surface area contributed by atoms with E-state index in [1.54, 1.807) is 37.4 Å². The number of methoxy groups -OCH3 is 1. The zero-order valence-corrected chi connectivity index (χ0v) is 16.3. The molecule has 6 N–H and O–H groups in total. The molecule has 0 aliphatic carbocycles. The lowest BCUT2D eigenvalue weighted by molar-refractivity contribution is 0.0884. The number of rotatable bonds is 8. The first-order chi connectivity index (χ1) is 14.4. The molecule has 0 spiro atoms. The van der Waals surface area contributed by atoms with Crippen molar-refractivity contribution >= 4 is 28.6 Å². The van der Waals surface area contributed by atoms with E-state index in [9.17, 15) is 19.5 Å². The van der Waals surface area contributed by atoms with E-state index in [2.05, 4.69) is 15.6 Å². The molecule has 3 aromatic rings. The number of aromatic nitrogens is 1. The van der Waals surface area contributed by atoms with E-state index in [4.69, 9.17) is 10.5 Å². The Morgan fingerprint density at radius 1 is 1.10 bits per heavy atom. The molecule has 1 atom stereocenters. The second-order valence-corrected chi connectivity index (χ2v) is 6.64. The van der Waals surface area contributed by atoms with Crippen molar-refractivity contribution in [3.8, 4) is 5.75 Å². The minimum absolute atomic E-state index is 0.00404. The van der Waals surface area contributed by atoms with Gasteiger partial charge in [-0.3, -0.25) is 14.4 Å². The smallest absolute Gasteiger partial charge is 0.268 e. The highest BCUT2D eigenvalue weighted by Crippen LogP contribution is 2.21. The summed E-state index contributed by atoms with van der Waals surface area (Å²) in [6.07, 6.45) is 0. The number of amides is 3. The Bertz CT molecular complexity index is 1090. The van der Waals surface area contributed by atoms with Gasteiger partial charge in [0.2, 0.25) is 5.91 Å². The third-order valence-corrected chi connectivity index (χ3v) is 4.55. The molecule has 0 radical (unpaired) electrons. The number of hydrogen-bond donors (Lipinski definition) is 5. The molecule has 9 heteroatoms. The van der Waals surface area contributed by atoms with E-state index < -0.39 is 23.8 Å². The third-order valence-electron chi connectivity index (χ3n) is 4.55. The van der Waals surface area contributed by atoms with Crippen molar-refractivity contribution in [3.05, 3.63) is 65.4 Å². The first kappa shape index (κ1) is 20.9. The van der Waals surface area contributed by atoms with Crippen LogP contribution in [0.3, 0.4) is 0 Å². The summed E-state index contributed by atoms with van der Waals surface area (Å²) in [6, 6.07) is 12.3. The number of hydrogen-bond acceptors (Lipinski definition) is 5. The number of ether oxygens (including phenoxy) is 1. The molecule has 0 aliphatic rings. The molecular weight excluding hydrogens is 388 g/mol. The molecule has 0 aliphatic heterocycles. The van der Waals surface area contributed by atoms with Crippen LogP contribution in [0.2, 0.25) is 0 Å². The first-order valence-electron chi connectivity index (χ1n) is 9.18. The van der Waals surface area contributed by atoms with Gasteiger partial charge < -0.3 is 31.2 Å². The molecule has 156 valence electrons. The Hall–Kier alpha value is -3.85. The Morgan fingerprint density at radius 2 is 1.87 bits per heavy atom. The molecule has 3 rings (SSSR count). The van der Waals surface area contributed by atoms with Gasteiger partial charge in [0.1, 0.15) is 11.4 Å². The summed E-state index contributed by atoms with van der Waals surface area (Å²) in [5, 5.41) is 15.7. The Kier molecular flexibility index (Phi) is 6.33. The fourth-order valence-electron chi connectivity index (χ4n) is 2.92. The van der Waals surface area contributed by atoms with Crippen LogP contribution < -0.4 is 21.1 Å². The number of H-pyrrole nitrogens is 1. The van der Waals surface area contributed by atoms with Crippen LogP contribution in [0.25, 0.3) is 10.9 Å². The molecule has 1 heterocycles. The third kappa shape index (κ3) is 4.76. The summed E-state index contributed by atoms with van der Waals surface area (Å²) >= 11 is 0. The van der Waals surface area contributed by atoms with Gasteiger partial charge in [-0.15, -0.1) is 0 Å². The lowest BCUT2D eigenvalue weighted by Gasteiger charge is -2.16. The fourth-order valence-corrected chi connectivity index (χ4v) is 2.92. The predicted octanol–water partition coefficient (Wildman–Crippen LogP) is 0.796. The zero-order valence-electron chi connectivity index (χ0n) is 16.3. The van der Waals surface area contributed by atoms with Crippen LogP contribution >= 0.6 is 0 Å². The van der Waals surface area contributed by atoms with Crippen molar-refractivity contribution in [2.75, 3.05) is 20.3 Å². The van der Waals surface area contributed by atoms with E-state index in [0.29, 0.717) is 11.4 Å². The van der Waals surface area contributed by atoms with Gasteiger partial charge in [-0.05, 0) is 42.5 Å². The second kappa shape index (κ2) is 9.10. The van der Waals surface area contributed by atoms with Crippen LogP contribution in [0.5, 0.6) is 5.75 Å². The van der Waals surface area contributed by atoms with Crippen molar-refractivity contribution in [1.82, 2.24) is 15.6 Å². The van der Waals surface area contributed by atoms with Gasteiger partial charge in [0.05, 0.1) is 19.8 Å². The number of nitrogens with one attached hydrogen (secondary N) is 3. The Balaban J connectivity index is 1.62. The molecular formula is C21H22N4O5. The molecule has 1 aromatic heterocycles. The van der Waals surface area contributed by atoms with Crippen molar-refractivity contribution in [3.63, 3.8) is 0 Å². The number of carbonyl (C=O) groups is 3. The number of aliphatic hydroxyl groups excluding tert-OH is 1. The molecule has 30 heavy (non-hydrogen) atoms. The molecule has 9 nitrogen and oxygen atoms in total. The van der Waals surface area contributed by atoms with Gasteiger partial charge in [0, 0.05) is 28.6 Å². The number of aromatic amines is 1. The quantitative estimate of drug-likeness (QED) is 0.373. The number of primary amides is 1. The normalized spacial score (nSPS) is 11.7. The zero-order chi connectivity index (χ0) is 21.7. The van der Waals surface area contributed by atoms with Gasteiger partial charge in [-0.2, -0.15) is 0 Å².